The largest absolute Gasteiger partial charge is 0.326 e. The minimum absolute atomic E-state index is 0.0662. The highest BCUT2D eigenvalue weighted by Crippen LogP contribution is 2.08. The van der Waals surface area contributed by atoms with Crippen molar-refractivity contribution in [1.29, 1.82) is 0 Å². The fourth-order valence-corrected chi connectivity index (χ4v) is 2.87. The molecule has 1 aromatic carbocycles. The fourth-order valence-electron chi connectivity index (χ4n) is 2.87. The zero-order valence-electron chi connectivity index (χ0n) is 10.9. The Balaban J connectivity index is 2.04. The van der Waals surface area contributed by atoms with Crippen molar-refractivity contribution in [1.82, 2.24) is 0 Å². The van der Waals surface area contributed by atoms with Gasteiger partial charge in [0.05, 0.1) is 18.2 Å². The lowest BCUT2D eigenvalue weighted by molar-refractivity contribution is -0.922. The minimum Gasteiger partial charge on any atom is -0.326 e. The number of likely N-dealkylation sites (tertiary alicyclic amines) is 1. The van der Waals surface area contributed by atoms with Crippen molar-refractivity contribution in [2.24, 2.45) is 0 Å². The van der Waals surface area contributed by atoms with Crippen LogP contribution in [0.1, 0.15) is 43.0 Å². The van der Waals surface area contributed by atoms with Crippen LogP contribution in [0.4, 0.5) is 4.39 Å². The average Bonchev–Trinajstić information content (AvgIpc) is 2.39. The summed E-state index contributed by atoms with van der Waals surface area (Å²) in [4.78, 5) is 13.5. The van der Waals surface area contributed by atoms with Gasteiger partial charge in [0.2, 0.25) is 5.78 Å². The molecule has 98 valence electrons. The SMILES string of the molecule is CC[C@@H]1CCCC[NH+]1CC(=O)c1ccccc1F. The van der Waals surface area contributed by atoms with E-state index >= 15 is 0 Å². The molecule has 18 heavy (non-hydrogen) atoms. The molecule has 1 aliphatic rings. The molecule has 1 saturated heterocycles. The monoisotopic (exact) mass is 250 g/mol. The second-order valence-corrected chi connectivity index (χ2v) is 5.09. The van der Waals surface area contributed by atoms with E-state index in [1.807, 2.05) is 0 Å². The van der Waals surface area contributed by atoms with E-state index in [9.17, 15) is 9.18 Å². The Kier molecular flexibility index (Phi) is 4.48. The Labute approximate surface area is 108 Å². The van der Waals surface area contributed by atoms with Crippen molar-refractivity contribution >= 4 is 5.78 Å². The number of hydrogen-bond acceptors (Lipinski definition) is 1. The number of carbonyl (C=O) groups is 1. The summed E-state index contributed by atoms with van der Waals surface area (Å²) in [6.45, 7) is 3.64. The molecule has 1 aromatic rings. The number of Topliss-reactive ketones (excluding diaryl/α,β-unsaturated/α-hetero) is 1. The number of benzene rings is 1. The molecule has 0 spiro atoms. The van der Waals surface area contributed by atoms with E-state index < -0.39 is 5.82 Å². The summed E-state index contributed by atoms with van der Waals surface area (Å²) >= 11 is 0. The molecule has 0 radical (unpaired) electrons. The van der Waals surface area contributed by atoms with Crippen molar-refractivity contribution in [3.05, 3.63) is 35.6 Å². The predicted molar refractivity (Wildman–Crippen MR) is 69.4 cm³/mol. The van der Waals surface area contributed by atoms with Crippen LogP contribution in [0.25, 0.3) is 0 Å². The summed E-state index contributed by atoms with van der Waals surface area (Å²) in [5.74, 6) is -0.463. The maximum atomic E-state index is 13.5. The summed E-state index contributed by atoms with van der Waals surface area (Å²) in [7, 11) is 0. The number of halogens is 1. The average molecular weight is 250 g/mol. The molecule has 0 bridgehead atoms. The number of rotatable bonds is 4. The predicted octanol–water partition coefficient (Wildman–Crippen LogP) is 1.86. The van der Waals surface area contributed by atoms with Gasteiger partial charge in [-0.1, -0.05) is 19.1 Å². The van der Waals surface area contributed by atoms with Gasteiger partial charge in [-0.15, -0.1) is 0 Å². The summed E-state index contributed by atoms with van der Waals surface area (Å²) in [6.07, 6.45) is 4.72. The molecule has 2 nitrogen and oxygen atoms in total. The van der Waals surface area contributed by atoms with E-state index in [1.54, 1.807) is 18.2 Å². The van der Waals surface area contributed by atoms with E-state index in [0.29, 0.717) is 12.6 Å². The molecular weight excluding hydrogens is 229 g/mol. The van der Waals surface area contributed by atoms with Gasteiger partial charge < -0.3 is 4.90 Å². The van der Waals surface area contributed by atoms with Crippen molar-refractivity contribution in [2.75, 3.05) is 13.1 Å². The molecule has 1 heterocycles. The zero-order chi connectivity index (χ0) is 13.0. The van der Waals surface area contributed by atoms with Crippen LogP contribution in [0.5, 0.6) is 0 Å². The normalized spacial score (nSPS) is 23.9. The van der Waals surface area contributed by atoms with Crippen LogP contribution in [0.2, 0.25) is 0 Å². The second kappa shape index (κ2) is 6.10. The number of hydrogen-bond donors (Lipinski definition) is 1. The topological polar surface area (TPSA) is 21.5 Å². The molecule has 2 rings (SSSR count). The summed E-state index contributed by atoms with van der Waals surface area (Å²) in [5.41, 5.74) is 0.241. The number of quaternary nitrogens is 1. The summed E-state index contributed by atoms with van der Waals surface area (Å²) in [5, 5.41) is 0. The number of carbonyl (C=O) groups excluding carboxylic acids is 1. The third kappa shape index (κ3) is 2.96. The summed E-state index contributed by atoms with van der Waals surface area (Å²) < 4.78 is 13.5. The van der Waals surface area contributed by atoms with Crippen molar-refractivity contribution in [2.45, 2.75) is 38.6 Å². The van der Waals surface area contributed by atoms with Gasteiger partial charge in [-0.3, -0.25) is 4.79 Å². The van der Waals surface area contributed by atoms with Gasteiger partial charge in [-0.25, -0.2) is 4.39 Å². The van der Waals surface area contributed by atoms with E-state index in [1.165, 1.54) is 30.2 Å². The molecule has 3 heteroatoms. The van der Waals surface area contributed by atoms with Crippen LogP contribution < -0.4 is 4.90 Å². The van der Waals surface area contributed by atoms with Crippen molar-refractivity contribution in [3.63, 3.8) is 0 Å². The third-order valence-corrected chi connectivity index (χ3v) is 3.93. The van der Waals surface area contributed by atoms with E-state index in [0.717, 1.165) is 13.0 Å². The molecule has 0 saturated carbocycles. The van der Waals surface area contributed by atoms with Gasteiger partial charge in [-0.05, 0) is 37.8 Å². The van der Waals surface area contributed by atoms with Gasteiger partial charge in [0.15, 0.2) is 0 Å². The maximum absolute atomic E-state index is 13.5. The molecule has 1 aliphatic heterocycles. The van der Waals surface area contributed by atoms with Crippen LogP contribution in [0.3, 0.4) is 0 Å². The fraction of sp³-hybridized carbons (Fsp3) is 0.533. The first kappa shape index (κ1) is 13.2. The Morgan fingerprint density at radius 2 is 2.17 bits per heavy atom. The number of piperidine rings is 1. The Hall–Kier alpha value is -1.22. The van der Waals surface area contributed by atoms with Crippen LogP contribution in [0, 0.1) is 5.82 Å². The maximum Gasteiger partial charge on any atom is 0.219 e. The van der Waals surface area contributed by atoms with Crippen molar-refractivity contribution < 1.29 is 14.1 Å². The smallest absolute Gasteiger partial charge is 0.219 e. The highest BCUT2D eigenvalue weighted by molar-refractivity contribution is 5.97. The first-order valence-electron chi connectivity index (χ1n) is 6.84. The zero-order valence-corrected chi connectivity index (χ0v) is 10.9. The number of nitrogens with one attached hydrogen (secondary N) is 1. The molecule has 1 fully saturated rings. The lowest BCUT2D eigenvalue weighted by Gasteiger charge is -2.31. The van der Waals surface area contributed by atoms with E-state index in [-0.39, 0.29) is 11.3 Å². The third-order valence-electron chi connectivity index (χ3n) is 3.93. The summed E-state index contributed by atoms with van der Waals surface area (Å²) in [6, 6.07) is 6.85. The van der Waals surface area contributed by atoms with Crippen LogP contribution in [-0.2, 0) is 0 Å². The van der Waals surface area contributed by atoms with Crippen LogP contribution in [-0.4, -0.2) is 24.9 Å². The number of ketones is 1. The van der Waals surface area contributed by atoms with E-state index in [2.05, 4.69) is 6.92 Å². The highest BCUT2D eigenvalue weighted by atomic mass is 19.1. The Bertz CT molecular complexity index is 419. The molecule has 2 atom stereocenters. The Morgan fingerprint density at radius 3 is 2.89 bits per heavy atom. The first-order valence-corrected chi connectivity index (χ1v) is 6.84. The molecule has 0 aromatic heterocycles. The van der Waals surface area contributed by atoms with E-state index in [4.69, 9.17) is 0 Å². The van der Waals surface area contributed by atoms with Crippen LogP contribution in [0.15, 0.2) is 24.3 Å². The Morgan fingerprint density at radius 1 is 1.39 bits per heavy atom. The van der Waals surface area contributed by atoms with Gasteiger partial charge in [0.1, 0.15) is 12.4 Å². The van der Waals surface area contributed by atoms with Gasteiger partial charge in [0, 0.05) is 0 Å². The first-order chi connectivity index (χ1) is 8.72. The second-order valence-electron chi connectivity index (χ2n) is 5.09. The molecule has 0 amide bonds. The quantitative estimate of drug-likeness (QED) is 0.809. The molecule has 1 N–H and O–H groups in total. The van der Waals surface area contributed by atoms with Gasteiger partial charge in [0.25, 0.3) is 0 Å². The lowest BCUT2D eigenvalue weighted by atomic mass is 9.99. The highest BCUT2D eigenvalue weighted by Gasteiger charge is 2.27. The minimum atomic E-state index is -0.396. The molecule has 0 aliphatic carbocycles. The van der Waals surface area contributed by atoms with Gasteiger partial charge >= 0.3 is 0 Å². The molecule has 1 unspecified atom stereocenters. The molecular formula is C15H21FNO+. The standard InChI is InChI=1S/C15H20FNO/c1-2-12-7-5-6-10-17(12)11-15(18)13-8-3-4-9-14(13)16/h3-4,8-9,12H,2,5-7,10-11H2,1H3/p+1/t12-/m1/s1. The lowest BCUT2D eigenvalue weighted by Crippen LogP contribution is -3.17. The van der Waals surface area contributed by atoms with Crippen LogP contribution >= 0.6 is 0 Å². The van der Waals surface area contributed by atoms with Gasteiger partial charge in [-0.2, -0.15) is 0 Å². The van der Waals surface area contributed by atoms with Crippen molar-refractivity contribution in [3.8, 4) is 0 Å².